The Morgan fingerprint density at radius 3 is 2.69 bits per heavy atom. The minimum atomic E-state index is 0.759. The number of hydrogen-bond donors (Lipinski definition) is 0. The molecule has 2 aromatic heterocycles. The molecular formula is C20H16ClN3OS. The average molecular weight is 382 g/mol. The first-order valence-corrected chi connectivity index (χ1v) is 9.46. The molecule has 0 bridgehead atoms. The molecule has 2 heterocycles. The second-order valence-electron chi connectivity index (χ2n) is 5.70. The molecule has 0 saturated heterocycles. The van der Waals surface area contributed by atoms with Gasteiger partial charge in [0.15, 0.2) is 0 Å². The number of nitrogens with zero attached hydrogens (tertiary/aromatic N) is 3. The van der Waals surface area contributed by atoms with E-state index in [1.807, 2.05) is 59.2 Å². The van der Waals surface area contributed by atoms with Gasteiger partial charge in [-0.05, 0) is 42.0 Å². The molecule has 4 aromatic rings. The Bertz CT molecular complexity index is 1050. The van der Waals surface area contributed by atoms with Gasteiger partial charge in [0.1, 0.15) is 10.8 Å². The predicted octanol–water partition coefficient (Wildman–Crippen LogP) is 5.35. The fraction of sp³-hybridized carbons (Fsp3) is 0.100. The summed E-state index contributed by atoms with van der Waals surface area (Å²) in [6, 6.07) is 17.8. The Morgan fingerprint density at radius 1 is 1.12 bits per heavy atom. The third kappa shape index (κ3) is 3.41. The van der Waals surface area contributed by atoms with Crippen LogP contribution >= 0.6 is 23.4 Å². The van der Waals surface area contributed by atoms with Gasteiger partial charge in [-0.1, -0.05) is 41.6 Å². The molecule has 0 atom stereocenters. The summed E-state index contributed by atoms with van der Waals surface area (Å²) in [6.07, 6.45) is 3.63. The lowest BCUT2D eigenvalue weighted by atomic mass is 10.1. The highest BCUT2D eigenvalue weighted by molar-refractivity contribution is 7.98. The third-order valence-electron chi connectivity index (χ3n) is 4.06. The molecule has 6 heteroatoms. The zero-order valence-electron chi connectivity index (χ0n) is 14.1. The zero-order valence-corrected chi connectivity index (χ0v) is 15.7. The van der Waals surface area contributed by atoms with Crippen molar-refractivity contribution in [2.75, 3.05) is 7.11 Å². The number of benzene rings is 2. The van der Waals surface area contributed by atoms with Crippen molar-refractivity contribution in [2.45, 2.75) is 10.8 Å². The lowest BCUT2D eigenvalue weighted by molar-refractivity contribution is 0.415. The maximum absolute atomic E-state index is 6.26. The van der Waals surface area contributed by atoms with E-state index < -0.39 is 0 Å². The SMILES string of the molecule is COc1ccc(-c2cc3c(SCc4ccccc4Cl)nccn3n2)cc1. The van der Waals surface area contributed by atoms with Crippen molar-refractivity contribution in [2.24, 2.45) is 0 Å². The molecule has 0 spiro atoms. The average Bonchev–Trinajstić information content (AvgIpc) is 3.12. The normalized spacial score (nSPS) is 11.0. The van der Waals surface area contributed by atoms with Crippen LogP contribution in [0.15, 0.2) is 72.0 Å². The van der Waals surface area contributed by atoms with Gasteiger partial charge in [0.2, 0.25) is 0 Å². The number of rotatable bonds is 5. The molecule has 4 nitrogen and oxygen atoms in total. The van der Waals surface area contributed by atoms with E-state index in [1.165, 1.54) is 0 Å². The smallest absolute Gasteiger partial charge is 0.122 e. The molecule has 0 aliphatic heterocycles. The maximum Gasteiger partial charge on any atom is 0.122 e. The maximum atomic E-state index is 6.26. The first-order chi connectivity index (χ1) is 12.7. The van der Waals surface area contributed by atoms with E-state index >= 15 is 0 Å². The summed E-state index contributed by atoms with van der Waals surface area (Å²) in [4.78, 5) is 4.53. The van der Waals surface area contributed by atoms with Crippen LogP contribution < -0.4 is 4.74 Å². The van der Waals surface area contributed by atoms with Gasteiger partial charge in [0.25, 0.3) is 0 Å². The Morgan fingerprint density at radius 2 is 1.92 bits per heavy atom. The predicted molar refractivity (Wildman–Crippen MR) is 106 cm³/mol. The molecular weight excluding hydrogens is 366 g/mol. The van der Waals surface area contributed by atoms with E-state index in [1.54, 1.807) is 25.1 Å². The van der Waals surface area contributed by atoms with Crippen molar-refractivity contribution in [3.8, 4) is 17.0 Å². The van der Waals surface area contributed by atoms with Crippen molar-refractivity contribution >= 4 is 28.9 Å². The Labute approximate surface area is 160 Å². The monoisotopic (exact) mass is 381 g/mol. The molecule has 0 radical (unpaired) electrons. The molecule has 4 rings (SSSR count). The fourth-order valence-corrected chi connectivity index (χ4v) is 3.94. The van der Waals surface area contributed by atoms with Crippen LogP contribution in [0.5, 0.6) is 5.75 Å². The van der Waals surface area contributed by atoms with E-state index in [4.69, 9.17) is 16.3 Å². The summed E-state index contributed by atoms with van der Waals surface area (Å²) in [7, 11) is 1.66. The summed E-state index contributed by atoms with van der Waals surface area (Å²) < 4.78 is 7.08. The van der Waals surface area contributed by atoms with Gasteiger partial charge in [-0.3, -0.25) is 0 Å². The lowest BCUT2D eigenvalue weighted by Crippen LogP contribution is -1.91. The van der Waals surface area contributed by atoms with E-state index in [2.05, 4.69) is 16.1 Å². The molecule has 0 N–H and O–H groups in total. The van der Waals surface area contributed by atoms with Crippen molar-refractivity contribution in [3.63, 3.8) is 0 Å². The third-order valence-corrected chi connectivity index (χ3v) is 5.47. The second kappa shape index (κ2) is 7.40. The van der Waals surface area contributed by atoms with E-state index in [0.717, 1.165) is 43.9 Å². The molecule has 0 unspecified atom stereocenters. The van der Waals surface area contributed by atoms with Gasteiger partial charge >= 0.3 is 0 Å². The molecule has 0 amide bonds. The summed E-state index contributed by atoms with van der Waals surface area (Å²) in [5.41, 5.74) is 4.02. The van der Waals surface area contributed by atoms with Crippen LogP contribution in [0, 0.1) is 0 Å². The highest BCUT2D eigenvalue weighted by atomic mass is 35.5. The molecule has 2 aromatic carbocycles. The van der Waals surface area contributed by atoms with Crippen molar-refractivity contribution in [1.29, 1.82) is 0 Å². The first kappa shape index (κ1) is 16.9. The second-order valence-corrected chi connectivity index (χ2v) is 7.07. The van der Waals surface area contributed by atoms with Crippen molar-refractivity contribution in [1.82, 2.24) is 14.6 Å². The number of fused-ring (bicyclic) bond motifs is 1. The summed E-state index contributed by atoms with van der Waals surface area (Å²) in [5, 5.41) is 6.38. The minimum Gasteiger partial charge on any atom is -0.497 e. The van der Waals surface area contributed by atoms with Crippen LogP contribution in [0.1, 0.15) is 5.56 Å². The summed E-state index contributed by atoms with van der Waals surface area (Å²) in [6.45, 7) is 0. The molecule has 130 valence electrons. The van der Waals surface area contributed by atoms with Gasteiger partial charge in [-0.25, -0.2) is 9.50 Å². The number of aromatic nitrogens is 3. The quantitative estimate of drug-likeness (QED) is 0.437. The van der Waals surface area contributed by atoms with Crippen LogP contribution in [-0.4, -0.2) is 21.7 Å². The summed E-state index contributed by atoms with van der Waals surface area (Å²) >= 11 is 7.91. The molecule has 0 fully saturated rings. The van der Waals surface area contributed by atoms with E-state index in [9.17, 15) is 0 Å². The number of methoxy groups -OCH3 is 1. The van der Waals surface area contributed by atoms with Crippen LogP contribution in [0.3, 0.4) is 0 Å². The Kier molecular flexibility index (Phi) is 4.82. The number of halogens is 1. The largest absolute Gasteiger partial charge is 0.497 e. The number of thioether (sulfide) groups is 1. The topological polar surface area (TPSA) is 39.4 Å². The first-order valence-electron chi connectivity index (χ1n) is 8.09. The standard InChI is InChI=1S/C20H16ClN3OS/c1-25-16-8-6-14(7-9-16)18-12-19-20(22-10-11-24(19)23-18)26-13-15-4-2-3-5-17(15)21/h2-12H,13H2,1H3. The van der Waals surface area contributed by atoms with Crippen LogP contribution in [0.2, 0.25) is 5.02 Å². The van der Waals surface area contributed by atoms with Gasteiger partial charge in [0.05, 0.1) is 18.3 Å². The molecule has 0 aliphatic rings. The Hall–Kier alpha value is -2.50. The van der Waals surface area contributed by atoms with Gasteiger partial charge in [-0.2, -0.15) is 5.10 Å². The van der Waals surface area contributed by atoms with Crippen LogP contribution in [-0.2, 0) is 5.75 Å². The zero-order chi connectivity index (χ0) is 17.9. The van der Waals surface area contributed by atoms with Gasteiger partial charge in [0, 0.05) is 28.7 Å². The van der Waals surface area contributed by atoms with Crippen molar-refractivity contribution in [3.05, 3.63) is 77.6 Å². The molecule has 0 aliphatic carbocycles. The summed E-state index contributed by atoms with van der Waals surface area (Å²) in [5.74, 6) is 1.59. The number of hydrogen-bond acceptors (Lipinski definition) is 4. The van der Waals surface area contributed by atoms with E-state index in [0.29, 0.717) is 0 Å². The molecule has 0 saturated carbocycles. The van der Waals surface area contributed by atoms with Crippen LogP contribution in [0.25, 0.3) is 16.8 Å². The van der Waals surface area contributed by atoms with E-state index in [-0.39, 0.29) is 0 Å². The lowest BCUT2D eigenvalue weighted by Gasteiger charge is -2.04. The highest BCUT2D eigenvalue weighted by Crippen LogP contribution is 2.30. The Balaban J connectivity index is 1.64. The highest BCUT2D eigenvalue weighted by Gasteiger charge is 2.10. The van der Waals surface area contributed by atoms with Crippen LogP contribution in [0.4, 0.5) is 0 Å². The molecule has 26 heavy (non-hydrogen) atoms. The van der Waals surface area contributed by atoms with Gasteiger partial charge in [-0.15, -0.1) is 0 Å². The van der Waals surface area contributed by atoms with Crippen molar-refractivity contribution < 1.29 is 4.74 Å². The fourth-order valence-electron chi connectivity index (χ4n) is 2.67. The minimum absolute atomic E-state index is 0.759. The van der Waals surface area contributed by atoms with Gasteiger partial charge < -0.3 is 4.74 Å². The number of ether oxygens (including phenoxy) is 1.